The van der Waals surface area contributed by atoms with Crippen LogP contribution in [0, 0.1) is 0 Å². The standard InChI is InChI=1S/C10H6Cl2OS/c11-9-5-6-10(14(12)13)8-4-2-1-3-7(8)9/h1-6H. The molecule has 0 bridgehead atoms. The van der Waals surface area contributed by atoms with Gasteiger partial charge in [-0.2, -0.15) is 0 Å². The van der Waals surface area contributed by atoms with Crippen LogP contribution in [-0.2, 0) is 10.0 Å². The number of hydrogen-bond donors (Lipinski definition) is 0. The van der Waals surface area contributed by atoms with Gasteiger partial charge in [0.15, 0.2) is 0 Å². The molecule has 0 aromatic heterocycles. The van der Waals surface area contributed by atoms with Crippen LogP contribution >= 0.6 is 22.3 Å². The van der Waals surface area contributed by atoms with Crippen LogP contribution in [0.2, 0.25) is 5.02 Å². The van der Waals surface area contributed by atoms with Gasteiger partial charge in [-0.1, -0.05) is 35.9 Å². The maximum Gasteiger partial charge on any atom is 0.148 e. The zero-order valence-electron chi connectivity index (χ0n) is 7.04. The first-order chi connectivity index (χ1) is 6.70. The lowest BCUT2D eigenvalue weighted by molar-refractivity contribution is 0.691. The number of fused-ring (bicyclic) bond motifs is 1. The summed E-state index contributed by atoms with van der Waals surface area (Å²) in [4.78, 5) is 0.603. The fraction of sp³-hybridized carbons (Fsp3) is 0. The van der Waals surface area contributed by atoms with Crippen LogP contribution in [0.3, 0.4) is 0 Å². The molecular weight excluding hydrogens is 239 g/mol. The number of benzene rings is 2. The van der Waals surface area contributed by atoms with Gasteiger partial charge >= 0.3 is 0 Å². The Morgan fingerprint density at radius 1 is 1.00 bits per heavy atom. The molecule has 0 aliphatic rings. The summed E-state index contributed by atoms with van der Waals surface area (Å²) in [6.07, 6.45) is 0. The topological polar surface area (TPSA) is 17.1 Å². The van der Waals surface area contributed by atoms with Crippen molar-refractivity contribution >= 4 is 43.1 Å². The van der Waals surface area contributed by atoms with Crippen molar-refractivity contribution in [2.45, 2.75) is 4.90 Å². The zero-order chi connectivity index (χ0) is 10.1. The molecule has 14 heavy (non-hydrogen) atoms. The van der Waals surface area contributed by atoms with Gasteiger partial charge in [0.05, 0.1) is 4.90 Å². The van der Waals surface area contributed by atoms with E-state index in [0.29, 0.717) is 9.92 Å². The van der Waals surface area contributed by atoms with Crippen molar-refractivity contribution in [2.75, 3.05) is 0 Å². The van der Waals surface area contributed by atoms with Crippen molar-refractivity contribution in [1.29, 1.82) is 0 Å². The number of halogens is 2. The predicted octanol–water partition coefficient (Wildman–Crippen LogP) is 3.75. The molecule has 0 aliphatic heterocycles. The summed E-state index contributed by atoms with van der Waals surface area (Å²) in [5, 5.41) is 2.36. The Morgan fingerprint density at radius 2 is 1.64 bits per heavy atom. The molecule has 0 aliphatic carbocycles. The molecule has 0 spiro atoms. The van der Waals surface area contributed by atoms with E-state index in [1.807, 2.05) is 24.3 Å². The van der Waals surface area contributed by atoms with Gasteiger partial charge in [0.1, 0.15) is 10.0 Å². The minimum Gasteiger partial charge on any atom is -0.237 e. The van der Waals surface area contributed by atoms with Crippen LogP contribution in [0.25, 0.3) is 10.8 Å². The van der Waals surface area contributed by atoms with Crippen LogP contribution in [0.1, 0.15) is 0 Å². The number of rotatable bonds is 1. The molecule has 1 atom stereocenters. The maximum absolute atomic E-state index is 11.2. The smallest absolute Gasteiger partial charge is 0.148 e. The summed E-state index contributed by atoms with van der Waals surface area (Å²) >= 11 is 5.99. The monoisotopic (exact) mass is 244 g/mol. The van der Waals surface area contributed by atoms with Gasteiger partial charge in [-0.25, -0.2) is 4.21 Å². The number of hydrogen-bond acceptors (Lipinski definition) is 1. The minimum atomic E-state index is -1.50. The molecule has 0 saturated carbocycles. The molecule has 2 aromatic rings. The molecule has 72 valence electrons. The second-order valence-corrected chi connectivity index (χ2v) is 4.95. The summed E-state index contributed by atoms with van der Waals surface area (Å²) in [5.41, 5.74) is 0. The second-order valence-electron chi connectivity index (χ2n) is 2.81. The molecule has 1 unspecified atom stereocenters. The van der Waals surface area contributed by atoms with E-state index in [9.17, 15) is 4.21 Å². The molecule has 0 N–H and O–H groups in total. The van der Waals surface area contributed by atoms with Crippen molar-refractivity contribution < 1.29 is 4.21 Å². The van der Waals surface area contributed by atoms with Crippen molar-refractivity contribution in [3.63, 3.8) is 0 Å². The van der Waals surface area contributed by atoms with E-state index in [2.05, 4.69) is 0 Å². The van der Waals surface area contributed by atoms with Crippen LogP contribution in [0.15, 0.2) is 41.3 Å². The van der Waals surface area contributed by atoms with Crippen molar-refractivity contribution in [3.8, 4) is 0 Å². The highest BCUT2D eigenvalue weighted by molar-refractivity contribution is 8.08. The Hall–Kier alpha value is -0.570. The van der Waals surface area contributed by atoms with Gasteiger partial charge < -0.3 is 0 Å². The van der Waals surface area contributed by atoms with Crippen LogP contribution < -0.4 is 0 Å². The van der Waals surface area contributed by atoms with E-state index in [-0.39, 0.29) is 0 Å². The average molecular weight is 245 g/mol. The van der Waals surface area contributed by atoms with E-state index in [0.717, 1.165) is 10.8 Å². The molecular formula is C10H6Cl2OS. The third-order valence-corrected chi connectivity index (χ3v) is 3.53. The lowest BCUT2D eigenvalue weighted by Crippen LogP contribution is -1.84. The Labute approximate surface area is 93.6 Å². The third kappa shape index (κ3) is 1.65. The Kier molecular flexibility index (Phi) is 2.77. The fourth-order valence-corrected chi connectivity index (χ4v) is 2.53. The summed E-state index contributed by atoms with van der Waals surface area (Å²) in [5.74, 6) is 0. The predicted molar refractivity (Wildman–Crippen MR) is 61.2 cm³/mol. The minimum absolute atomic E-state index is 0.603. The summed E-state index contributed by atoms with van der Waals surface area (Å²) in [6.45, 7) is 0. The van der Waals surface area contributed by atoms with Gasteiger partial charge in [-0.3, -0.25) is 0 Å². The first kappa shape index (κ1) is 9.97. The molecule has 4 heteroatoms. The van der Waals surface area contributed by atoms with Crippen LogP contribution in [-0.4, -0.2) is 4.21 Å². The Bertz CT molecular complexity index is 510. The third-order valence-electron chi connectivity index (χ3n) is 2.00. The van der Waals surface area contributed by atoms with Gasteiger partial charge in [-0.05, 0) is 22.8 Å². The Morgan fingerprint density at radius 3 is 2.29 bits per heavy atom. The van der Waals surface area contributed by atoms with Crippen LogP contribution in [0.5, 0.6) is 0 Å². The molecule has 1 nitrogen and oxygen atoms in total. The molecule has 2 rings (SSSR count). The van der Waals surface area contributed by atoms with Gasteiger partial charge in [0.25, 0.3) is 0 Å². The molecule has 0 heterocycles. The summed E-state index contributed by atoms with van der Waals surface area (Å²) in [6, 6.07) is 10.9. The first-order valence-corrected chi connectivity index (χ1v) is 6.31. The zero-order valence-corrected chi connectivity index (χ0v) is 9.36. The highest BCUT2D eigenvalue weighted by Gasteiger charge is 2.07. The molecule has 2 aromatic carbocycles. The van der Waals surface area contributed by atoms with E-state index >= 15 is 0 Å². The maximum atomic E-state index is 11.2. The van der Waals surface area contributed by atoms with Gasteiger partial charge in [0.2, 0.25) is 0 Å². The summed E-state index contributed by atoms with van der Waals surface area (Å²) in [7, 11) is 4.07. The largest absolute Gasteiger partial charge is 0.237 e. The molecule has 0 saturated heterocycles. The van der Waals surface area contributed by atoms with Crippen molar-refractivity contribution in [3.05, 3.63) is 41.4 Å². The SMILES string of the molecule is O=S(Cl)c1ccc(Cl)c2ccccc12. The van der Waals surface area contributed by atoms with Gasteiger partial charge in [0, 0.05) is 15.8 Å². The second kappa shape index (κ2) is 3.89. The molecule has 0 amide bonds. The quantitative estimate of drug-likeness (QED) is 0.699. The lowest BCUT2D eigenvalue weighted by Gasteiger charge is -2.03. The van der Waals surface area contributed by atoms with Crippen molar-refractivity contribution in [1.82, 2.24) is 0 Å². The van der Waals surface area contributed by atoms with E-state index in [1.54, 1.807) is 12.1 Å². The highest BCUT2D eigenvalue weighted by atomic mass is 35.7. The summed E-state index contributed by atoms with van der Waals surface area (Å²) < 4.78 is 11.2. The van der Waals surface area contributed by atoms with E-state index < -0.39 is 10.0 Å². The van der Waals surface area contributed by atoms with Crippen LogP contribution in [0.4, 0.5) is 0 Å². The Balaban J connectivity index is 2.88. The van der Waals surface area contributed by atoms with Gasteiger partial charge in [-0.15, -0.1) is 0 Å². The molecule has 0 fully saturated rings. The van der Waals surface area contributed by atoms with E-state index in [1.165, 1.54) is 0 Å². The molecule has 0 radical (unpaired) electrons. The normalized spacial score (nSPS) is 13.0. The van der Waals surface area contributed by atoms with E-state index in [4.69, 9.17) is 22.3 Å². The van der Waals surface area contributed by atoms with Crippen molar-refractivity contribution in [2.24, 2.45) is 0 Å². The lowest BCUT2D eigenvalue weighted by atomic mass is 10.1. The highest BCUT2D eigenvalue weighted by Crippen LogP contribution is 2.29. The average Bonchev–Trinajstić information content (AvgIpc) is 2.18. The first-order valence-electron chi connectivity index (χ1n) is 3.95. The fourth-order valence-electron chi connectivity index (χ4n) is 1.37.